The topological polar surface area (TPSA) is 50.1 Å². The second-order valence-electron chi connectivity index (χ2n) is 4.64. The van der Waals surface area contributed by atoms with E-state index in [9.17, 15) is 0 Å². The standard InChI is InChI=1S/C11H19N3O/c1-9-10(6-13-14(9)2)5-12-7-11(8-15)3-4-11/h6,12,15H,3-5,7-8H2,1-2H3. The molecule has 0 aromatic carbocycles. The average molecular weight is 209 g/mol. The molecule has 0 atom stereocenters. The third-order valence-electron chi connectivity index (χ3n) is 3.44. The van der Waals surface area contributed by atoms with E-state index >= 15 is 0 Å². The zero-order valence-electron chi connectivity index (χ0n) is 9.45. The summed E-state index contributed by atoms with van der Waals surface area (Å²) in [5.74, 6) is 0. The summed E-state index contributed by atoms with van der Waals surface area (Å²) in [5.41, 5.74) is 2.64. The lowest BCUT2D eigenvalue weighted by Gasteiger charge is -2.12. The van der Waals surface area contributed by atoms with Crippen molar-refractivity contribution in [1.82, 2.24) is 15.1 Å². The number of nitrogens with one attached hydrogen (secondary N) is 1. The first-order valence-electron chi connectivity index (χ1n) is 5.46. The number of hydrogen-bond donors (Lipinski definition) is 2. The summed E-state index contributed by atoms with van der Waals surface area (Å²) in [6.07, 6.45) is 4.21. The molecule has 0 spiro atoms. The van der Waals surface area contributed by atoms with E-state index in [1.54, 1.807) is 0 Å². The number of nitrogens with zero attached hydrogens (tertiary/aromatic N) is 2. The summed E-state index contributed by atoms with van der Waals surface area (Å²) in [6, 6.07) is 0. The van der Waals surface area contributed by atoms with Crippen molar-refractivity contribution in [3.05, 3.63) is 17.5 Å². The van der Waals surface area contributed by atoms with Gasteiger partial charge in [0, 0.05) is 43.4 Å². The molecule has 1 saturated carbocycles. The minimum absolute atomic E-state index is 0.191. The Morgan fingerprint density at radius 1 is 1.60 bits per heavy atom. The molecule has 15 heavy (non-hydrogen) atoms. The quantitative estimate of drug-likeness (QED) is 0.746. The summed E-state index contributed by atoms with van der Waals surface area (Å²) in [5, 5.41) is 16.7. The van der Waals surface area contributed by atoms with Gasteiger partial charge in [0.15, 0.2) is 0 Å². The molecule has 1 fully saturated rings. The van der Waals surface area contributed by atoms with Gasteiger partial charge in [-0.05, 0) is 19.8 Å². The van der Waals surface area contributed by atoms with Crippen molar-refractivity contribution in [2.24, 2.45) is 12.5 Å². The largest absolute Gasteiger partial charge is 0.396 e. The van der Waals surface area contributed by atoms with Crippen LogP contribution >= 0.6 is 0 Å². The highest BCUT2D eigenvalue weighted by atomic mass is 16.3. The third-order valence-corrected chi connectivity index (χ3v) is 3.44. The lowest BCUT2D eigenvalue weighted by Crippen LogP contribution is -2.26. The number of aryl methyl sites for hydroxylation is 1. The Hall–Kier alpha value is -0.870. The highest BCUT2D eigenvalue weighted by Crippen LogP contribution is 2.44. The molecule has 0 aliphatic heterocycles. The maximum absolute atomic E-state index is 9.16. The second kappa shape index (κ2) is 3.94. The van der Waals surface area contributed by atoms with E-state index in [1.165, 1.54) is 11.3 Å². The smallest absolute Gasteiger partial charge is 0.0537 e. The number of aliphatic hydroxyl groups excluding tert-OH is 1. The number of aromatic nitrogens is 2. The Kier molecular flexibility index (Phi) is 2.80. The van der Waals surface area contributed by atoms with Crippen molar-refractivity contribution in [2.45, 2.75) is 26.3 Å². The summed E-state index contributed by atoms with van der Waals surface area (Å²) in [6.45, 7) is 4.15. The molecule has 0 radical (unpaired) electrons. The van der Waals surface area contributed by atoms with E-state index < -0.39 is 0 Å². The van der Waals surface area contributed by atoms with Gasteiger partial charge in [-0.15, -0.1) is 0 Å². The van der Waals surface area contributed by atoms with Gasteiger partial charge in [0.1, 0.15) is 0 Å². The summed E-state index contributed by atoms with van der Waals surface area (Å²) in [7, 11) is 1.95. The van der Waals surface area contributed by atoms with Crippen LogP contribution in [0.15, 0.2) is 6.20 Å². The van der Waals surface area contributed by atoms with E-state index in [0.717, 1.165) is 25.9 Å². The van der Waals surface area contributed by atoms with Crippen LogP contribution in [0.1, 0.15) is 24.1 Å². The van der Waals surface area contributed by atoms with Gasteiger partial charge in [0.25, 0.3) is 0 Å². The maximum Gasteiger partial charge on any atom is 0.0537 e. The molecule has 4 nitrogen and oxygen atoms in total. The lowest BCUT2D eigenvalue weighted by molar-refractivity contribution is 0.207. The molecule has 0 amide bonds. The third kappa shape index (κ3) is 2.21. The maximum atomic E-state index is 9.16. The first-order chi connectivity index (χ1) is 7.17. The Morgan fingerprint density at radius 2 is 2.33 bits per heavy atom. The normalized spacial score (nSPS) is 18.1. The Morgan fingerprint density at radius 3 is 2.80 bits per heavy atom. The van der Waals surface area contributed by atoms with Crippen LogP contribution in [-0.4, -0.2) is 28.0 Å². The summed E-state index contributed by atoms with van der Waals surface area (Å²) in [4.78, 5) is 0. The molecule has 0 saturated heterocycles. The van der Waals surface area contributed by atoms with Gasteiger partial charge in [-0.1, -0.05) is 0 Å². The van der Waals surface area contributed by atoms with E-state index in [2.05, 4.69) is 17.3 Å². The predicted octanol–water partition coefficient (Wildman–Crippen LogP) is 0.591. The first kappa shape index (κ1) is 10.6. The number of aliphatic hydroxyl groups is 1. The van der Waals surface area contributed by atoms with Gasteiger partial charge in [-0.25, -0.2) is 0 Å². The lowest BCUT2D eigenvalue weighted by atomic mass is 10.1. The second-order valence-corrected chi connectivity index (χ2v) is 4.64. The van der Waals surface area contributed by atoms with Crippen LogP contribution < -0.4 is 5.32 Å². The van der Waals surface area contributed by atoms with Crippen molar-refractivity contribution >= 4 is 0 Å². The number of hydrogen-bond acceptors (Lipinski definition) is 3. The molecule has 2 N–H and O–H groups in total. The van der Waals surface area contributed by atoms with Gasteiger partial charge < -0.3 is 10.4 Å². The van der Waals surface area contributed by atoms with Gasteiger partial charge in [-0.3, -0.25) is 4.68 Å². The van der Waals surface area contributed by atoms with Crippen LogP contribution in [0, 0.1) is 12.3 Å². The van der Waals surface area contributed by atoms with Crippen molar-refractivity contribution in [2.75, 3.05) is 13.2 Å². The SMILES string of the molecule is Cc1c(CNCC2(CO)CC2)cnn1C. The van der Waals surface area contributed by atoms with Crippen LogP contribution in [-0.2, 0) is 13.6 Å². The van der Waals surface area contributed by atoms with E-state index in [0.29, 0.717) is 6.61 Å². The minimum atomic E-state index is 0.191. The first-order valence-corrected chi connectivity index (χ1v) is 5.46. The van der Waals surface area contributed by atoms with E-state index in [1.807, 2.05) is 17.9 Å². The van der Waals surface area contributed by atoms with E-state index in [-0.39, 0.29) is 5.41 Å². The minimum Gasteiger partial charge on any atom is -0.396 e. The van der Waals surface area contributed by atoms with Gasteiger partial charge >= 0.3 is 0 Å². The van der Waals surface area contributed by atoms with Crippen LogP contribution in [0.25, 0.3) is 0 Å². The fourth-order valence-electron chi connectivity index (χ4n) is 1.75. The van der Waals surface area contributed by atoms with Gasteiger partial charge in [0.05, 0.1) is 6.20 Å². The van der Waals surface area contributed by atoms with Crippen LogP contribution in [0.5, 0.6) is 0 Å². The monoisotopic (exact) mass is 209 g/mol. The summed E-state index contributed by atoms with van der Waals surface area (Å²) >= 11 is 0. The van der Waals surface area contributed by atoms with E-state index in [4.69, 9.17) is 5.11 Å². The molecular weight excluding hydrogens is 190 g/mol. The van der Waals surface area contributed by atoms with Crippen LogP contribution in [0.2, 0.25) is 0 Å². The fraction of sp³-hybridized carbons (Fsp3) is 0.727. The molecule has 2 rings (SSSR count). The van der Waals surface area contributed by atoms with Crippen molar-refractivity contribution in [3.8, 4) is 0 Å². The molecule has 84 valence electrons. The van der Waals surface area contributed by atoms with Crippen molar-refractivity contribution in [1.29, 1.82) is 0 Å². The molecule has 1 aliphatic rings. The zero-order chi connectivity index (χ0) is 10.9. The molecule has 0 unspecified atom stereocenters. The Balaban J connectivity index is 1.81. The van der Waals surface area contributed by atoms with Crippen LogP contribution in [0.3, 0.4) is 0 Å². The summed E-state index contributed by atoms with van der Waals surface area (Å²) < 4.78 is 1.88. The van der Waals surface area contributed by atoms with Gasteiger partial charge in [-0.2, -0.15) is 5.10 Å². The fourth-order valence-corrected chi connectivity index (χ4v) is 1.75. The predicted molar refractivity (Wildman–Crippen MR) is 58.4 cm³/mol. The van der Waals surface area contributed by atoms with Crippen LogP contribution in [0.4, 0.5) is 0 Å². The molecule has 1 heterocycles. The van der Waals surface area contributed by atoms with Gasteiger partial charge in [0.2, 0.25) is 0 Å². The average Bonchev–Trinajstić information content (AvgIpc) is 2.96. The molecule has 4 heteroatoms. The highest BCUT2D eigenvalue weighted by Gasteiger charge is 2.41. The zero-order valence-corrected chi connectivity index (χ0v) is 9.45. The molecular formula is C11H19N3O. The molecule has 1 aliphatic carbocycles. The molecule has 1 aromatic heterocycles. The molecule has 0 bridgehead atoms. The molecule has 1 aromatic rings. The van der Waals surface area contributed by atoms with Crippen molar-refractivity contribution in [3.63, 3.8) is 0 Å². The van der Waals surface area contributed by atoms with Crippen molar-refractivity contribution < 1.29 is 5.11 Å². The Bertz CT molecular complexity index is 342. The Labute approximate surface area is 90.3 Å². The number of rotatable bonds is 5. The highest BCUT2D eigenvalue weighted by molar-refractivity contribution is 5.15.